The van der Waals surface area contributed by atoms with E-state index in [0.717, 1.165) is 5.57 Å². The van der Waals surface area contributed by atoms with Crippen LogP contribution in [0.3, 0.4) is 0 Å². The molecule has 0 N–H and O–H groups in total. The summed E-state index contributed by atoms with van der Waals surface area (Å²) in [5.41, 5.74) is 1.86. The number of benzene rings is 1. The lowest BCUT2D eigenvalue weighted by Gasteiger charge is -2.00. The number of carbonyl (C=O) groups excluding carboxylic acids is 3. The molecule has 0 heterocycles. The quantitative estimate of drug-likeness (QED) is 0.550. The van der Waals surface area contributed by atoms with Crippen molar-refractivity contribution in [1.29, 1.82) is 0 Å². The molecule has 0 spiro atoms. The van der Waals surface area contributed by atoms with Gasteiger partial charge in [-0.1, -0.05) is 6.08 Å². The van der Waals surface area contributed by atoms with Crippen molar-refractivity contribution in [1.82, 2.24) is 0 Å². The zero-order valence-corrected chi connectivity index (χ0v) is 7.90. The van der Waals surface area contributed by atoms with Crippen molar-refractivity contribution in [2.45, 2.75) is 6.42 Å². The fourth-order valence-electron chi connectivity index (χ4n) is 1.37. The molecule has 3 heteroatoms. The second-order valence-corrected chi connectivity index (χ2v) is 3.39. The number of allylic oxidation sites excluding steroid dienone is 2. The highest BCUT2D eigenvalue weighted by atomic mass is 16.1. The molecule has 2 rings (SSSR count). The summed E-state index contributed by atoms with van der Waals surface area (Å²) in [4.78, 5) is 32.8. The first kappa shape index (κ1) is 9.52. The number of carbonyl (C=O) groups is 3. The molecule has 1 aromatic carbocycles. The van der Waals surface area contributed by atoms with E-state index in [1.54, 1.807) is 0 Å². The Hall–Kier alpha value is -2.03. The Labute approximate surface area is 86.4 Å². The number of aldehydes is 2. The van der Waals surface area contributed by atoms with Gasteiger partial charge in [-0.3, -0.25) is 14.4 Å². The first-order chi connectivity index (χ1) is 7.24. The zero-order chi connectivity index (χ0) is 10.8. The third-order valence-corrected chi connectivity index (χ3v) is 2.21. The van der Waals surface area contributed by atoms with Crippen molar-refractivity contribution in [2.24, 2.45) is 0 Å². The van der Waals surface area contributed by atoms with Gasteiger partial charge in [0.1, 0.15) is 12.6 Å². The predicted octanol–water partition coefficient (Wildman–Crippen LogP) is 1.82. The second-order valence-electron chi connectivity index (χ2n) is 3.39. The van der Waals surface area contributed by atoms with Crippen LogP contribution in [0.1, 0.15) is 37.5 Å². The van der Waals surface area contributed by atoms with Gasteiger partial charge in [0, 0.05) is 22.3 Å². The highest BCUT2D eigenvalue weighted by Gasteiger charge is 2.19. The van der Waals surface area contributed by atoms with E-state index in [1.165, 1.54) is 18.2 Å². The fraction of sp³-hybridized carbons (Fsp3) is 0.0833. The molecule has 0 aromatic heterocycles. The predicted molar refractivity (Wildman–Crippen MR) is 54.2 cm³/mol. The molecule has 0 saturated heterocycles. The maximum Gasteiger partial charge on any atom is 0.189 e. The summed E-state index contributed by atoms with van der Waals surface area (Å²) >= 11 is 0. The van der Waals surface area contributed by atoms with Gasteiger partial charge < -0.3 is 0 Å². The van der Waals surface area contributed by atoms with Gasteiger partial charge in [-0.05, 0) is 24.6 Å². The van der Waals surface area contributed by atoms with Gasteiger partial charge in [0.15, 0.2) is 5.78 Å². The van der Waals surface area contributed by atoms with Crippen molar-refractivity contribution in [3.8, 4) is 0 Å². The van der Waals surface area contributed by atoms with E-state index >= 15 is 0 Å². The van der Waals surface area contributed by atoms with Crippen molar-refractivity contribution in [3.05, 3.63) is 46.5 Å². The van der Waals surface area contributed by atoms with Crippen LogP contribution in [0.5, 0.6) is 0 Å². The minimum Gasteiger partial charge on any atom is -0.298 e. The molecule has 1 aromatic rings. The highest BCUT2D eigenvalue weighted by molar-refractivity contribution is 6.12. The van der Waals surface area contributed by atoms with Crippen LogP contribution in [0.15, 0.2) is 29.8 Å². The van der Waals surface area contributed by atoms with Crippen LogP contribution in [-0.4, -0.2) is 18.4 Å². The van der Waals surface area contributed by atoms with Crippen molar-refractivity contribution >= 4 is 18.4 Å². The first-order valence-corrected chi connectivity index (χ1v) is 4.54. The van der Waals surface area contributed by atoms with E-state index in [4.69, 9.17) is 0 Å². The normalized spacial score (nSPS) is 12.9. The molecule has 0 aliphatic heterocycles. The second kappa shape index (κ2) is 3.61. The Morgan fingerprint density at radius 2 is 1.60 bits per heavy atom. The molecule has 0 fully saturated rings. The molecule has 1 aliphatic carbocycles. The molecule has 1 aliphatic rings. The largest absolute Gasteiger partial charge is 0.298 e. The van der Waals surface area contributed by atoms with E-state index in [-0.39, 0.29) is 5.78 Å². The topological polar surface area (TPSA) is 51.2 Å². The zero-order valence-electron chi connectivity index (χ0n) is 7.90. The minimum atomic E-state index is -0.0956. The number of ketones is 1. The third-order valence-electron chi connectivity index (χ3n) is 2.21. The average molecular weight is 200 g/mol. The van der Waals surface area contributed by atoms with Gasteiger partial charge in [0.25, 0.3) is 0 Å². The standard InChI is InChI=1S/C12H8O3/c13-6-8-3-9(7-14)5-11(4-8)12(15)10-1-2-10/h1,3-7H,2H2. The van der Waals surface area contributed by atoms with Crippen LogP contribution in [0, 0.1) is 0 Å². The van der Waals surface area contributed by atoms with Crippen LogP contribution in [0.4, 0.5) is 0 Å². The molecular weight excluding hydrogens is 192 g/mol. The van der Waals surface area contributed by atoms with Crippen LogP contribution < -0.4 is 0 Å². The molecule has 0 unspecified atom stereocenters. The van der Waals surface area contributed by atoms with Gasteiger partial charge in [-0.15, -0.1) is 0 Å². The fourth-order valence-corrected chi connectivity index (χ4v) is 1.37. The molecule has 3 nitrogen and oxygen atoms in total. The first-order valence-electron chi connectivity index (χ1n) is 4.54. The van der Waals surface area contributed by atoms with Gasteiger partial charge in [-0.2, -0.15) is 0 Å². The molecule has 74 valence electrons. The Bertz CT molecular complexity index is 457. The molecule has 0 saturated carbocycles. The SMILES string of the molecule is O=Cc1cc(C=O)cc(C(=O)C2=CC2)c1. The summed E-state index contributed by atoms with van der Waals surface area (Å²) in [5.74, 6) is -0.0956. The molecule has 0 bridgehead atoms. The smallest absolute Gasteiger partial charge is 0.189 e. The van der Waals surface area contributed by atoms with Crippen LogP contribution in [0.25, 0.3) is 0 Å². The lowest BCUT2D eigenvalue weighted by atomic mass is 10.0. The highest BCUT2D eigenvalue weighted by Crippen LogP contribution is 2.24. The molecule has 15 heavy (non-hydrogen) atoms. The summed E-state index contributed by atoms with van der Waals surface area (Å²) in [6.07, 6.45) is 3.78. The van der Waals surface area contributed by atoms with E-state index in [2.05, 4.69) is 0 Å². The number of hydrogen-bond acceptors (Lipinski definition) is 3. The Kier molecular flexibility index (Phi) is 2.29. The number of hydrogen-bond donors (Lipinski definition) is 0. The lowest BCUT2D eigenvalue weighted by Crippen LogP contribution is -1.99. The van der Waals surface area contributed by atoms with E-state index < -0.39 is 0 Å². The Morgan fingerprint density at radius 1 is 1.07 bits per heavy atom. The van der Waals surface area contributed by atoms with E-state index in [1.807, 2.05) is 6.08 Å². The Morgan fingerprint density at radius 3 is 2.00 bits per heavy atom. The maximum absolute atomic E-state index is 11.6. The summed E-state index contributed by atoms with van der Waals surface area (Å²) in [7, 11) is 0. The molecule has 0 radical (unpaired) electrons. The Balaban J connectivity index is 2.45. The molecule has 0 atom stereocenters. The lowest BCUT2D eigenvalue weighted by molar-refractivity contribution is 0.103. The molecule has 0 amide bonds. The number of rotatable bonds is 4. The monoisotopic (exact) mass is 200 g/mol. The van der Waals surface area contributed by atoms with Gasteiger partial charge in [0.05, 0.1) is 0 Å². The van der Waals surface area contributed by atoms with Crippen molar-refractivity contribution in [2.75, 3.05) is 0 Å². The van der Waals surface area contributed by atoms with Gasteiger partial charge in [-0.25, -0.2) is 0 Å². The molecular formula is C12H8O3. The summed E-state index contributed by atoms with van der Waals surface area (Å²) in [5, 5.41) is 0. The minimum absolute atomic E-state index is 0.0956. The summed E-state index contributed by atoms with van der Waals surface area (Å²) in [6, 6.07) is 4.46. The van der Waals surface area contributed by atoms with E-state index in [9.17, 15) is 14.4 Å². The number of Topliss-reactive ketones (excluding diaryl/α,β-unsaturated/α-hetero) is 1. The van der Waals surface area contributed by atoms with Crippen LogP contribution in [-0.2, 0) is 0 Å². The maximum atomic E-state index is 11.6. The van der Waals surface area contributed by atoms with Crippen LogP contribution in [0.2, 0.25) is 0 Å². The summed E-state index contributed by atoms with van der Waals surface area (Å²) < 4.78 is 0. The average Bonchev–Trinajstić information content (AvgIpc) is 3.11. The van der Waals surface area contributed by atoms with Gasteiger partial charge >= 0.3 is 0 Å². The third kappa shape index (κ3) is 1.91. The van der Waals surface area contributed by atoms with Gasteiger partial charge in [0.2, 0.25) is 0 Å². The van der Waals surface area contributed by atoms with E-state index in [0.29, 0.717) is 35.7 Å². The van der Waals surface area contributed by atoms with Crippen molar-refractivity contribution in [3.63, 3.8) is 0 Å². The summed E-state index contributed by atoms with van der Waals surface area (Å²) in [6.45, 7) is 0. The van der Waals surface area contributed by atoms with Crippen molar-refractivity contribution < 1.29 is 14.4 Å². The van der Waals surface area contributed by atoms with Crippen LogP contribution >= 0.6 is 0 Å².